The Balaban J connectivity index is 1.85. The highest BCUT2D eigenvalue weighted by Crippen LogP contribution is 2.17. The van der Waals surface area contributed by atoms with Gasteiger partial charge in [0.25, 0.3) is 0 Å². The van der Waals surface area contributed by atoms with Crippen molar-refractivity contribution in [3.8, 4) is 0 Å². The van der Waals surface area contributed by atoms with Crippen LogP contribution in [0.1, 0.15) is 23.4 Å². The number of nitrogens with one attached hydrogen (secondary N) is 2. The first kappa shape index (κ1) is 16.4. The third kappa shape index (κ3) is 4.27. The van der Waals surface area contributed by atoms with Gasteiger partial charge in [-0.05, 0) is 36.4 Å². The predicted octanol–water partition coefficient (Wildman–Crippen LogP) is 3.50. The first-order valence-corrected chi connectivity index (χ1v) is 7.93. The van der Waals surface area contributed by atoms with Gasteiger partial charge in [0.1, 0.15) is 0 Å². The van der Waals surface area contributed by atoms with Crippen LogP contribution in [0.3, 0.4) is 0 Å². The van der Waals surface area contributed by atoms with E-state index in [1.807, 2.05) is 18.4 Å². The van der Waals surface area contributed by atoms with E-state index >= 15 is 0 Å². The highest BCUT2D eigenvalue weighted by atomic mass is 32.1. The van der Waals surface area contributed by atoms with Crippen LogP contribution in [-0.2, 0) is 6.42 Å². The van der Waals surface area contributed by atoms with Crippen LogP contribution < -0.4 is 10.6 Å². The molecule has 2 N–H and O–H groups in total. The molecule has 0 aliphatic rings. The third-order valence-corrected chi connectivity index (χ3v) is 4.32. The molecule has 2 rings (SSSR count). The Morgan fingerprint density at radius 3 is 2.77 bits per heavy atom. The van der Waals surface area contributed by atoms with Gasteiger partial charge in [-0.2, -0.15) is 0 Å². The van der Waals surface area contributed by atoms with E-state index in [-0.39, 0.29) is 6.04 Å². The van der Waals surface area contributed by atoms with Gasteiger partial charge in [0, 0.05) is 18.5 Å². The van der Waals surface area contributed by atoms with Gasteiger partial charge in [-0.15, -0.1) is 11.3 Å². The molecule has 0 aliphatic carbocycles. The maximum Gasteiger partial charge on any atom is 0.191 e. The summed E-state index contributed by atoms with van der Waals surface area (Å²) in [5, 5.41) is 8.40. The average Bonchev–Trinajstić information content (AvgIpc) is 3.04. The average molecular weight is 323 g/mol. The SMILES string of the molecule is CN=C(NCCc1cccc(F)c1F)NC(C)c1cccs1. The Morgan fingerprint density at radius 2 is 2.09 bits per heavy atom. The van der Waals surface area contributed by atoms with Crippen LogP contribution in [-0.4, -0.2) is 19.6 Å². The number of rotatable bonds is 5. The quantitative estimate of drug-likeness (QED) is 0.653. The molecular formula is C16H19F2N3S. The van der Waals surface area contributed by atoms with Crippen molar-refractivity contribution in [1.82, 2.24) is 10.6 Å². The molecule has 1 atom stereocenters. The van der Waals surface area contributed by atoms with Gasteiger partial charge < -0.3 is 10.6 Å². The van der Waals surface area contributed by atoms with Crippen LogP contribution in [0, 0.1) is 11.6 Å². The Labute approximate surface area is 133 Å². The predicted molar refractivity (Wildman–Crippen MR) is 87.3 cm³/mol. The van der Waals surface area contributed by atoms with Gasteiger partial charge in [0.2, 0.25) is 0 Å². The molecule has 1 unspecified atom stereocenters. The number of halogens is 2. The number of hydrogen-bond donors (Lipinski definition) is 2. The van der Waals surface area contributed by atoms with Gasteiger partial charge in [-0.3, -0.25) is 4.99 Å². The molecule has 0 bridgehead atoms. The molecule has 1 heterocycles. The van der Waals surface area contributed by atoms with E-state index in [9.17, 15) is 8.78 Å². The fourth-order valence-corrected chi connectivity index (χ4v) is 2.80. The normalized spacial score (nSPS) is 13.0. The summed E-state index contributed by atoms with van der Waals surface area (Å²) in [6.45, 7) is 2.52. The molecule has 22 heavy (non-hydrogen) atoms. The Morgan fingerprint density at radius 1 is 1.27 bits per heavy atom. The molecule has 0 fully saturated rings. The summed E-state index contributed by atoms with van der Waals surface area (Å²) >= 11 is 1.67. The summed E-state index contributed by atoms with van der Waals surface area (Å²) in [4.78, 5) is 5.35. The van der Waals surface area contributed by atoms with E-state index < -0.39 is 11.6 Å². The van der Waals surface area contributed by atoms with E-state index in [0.29, 0.717) is 24.5 Å². The smallest absolute Gasteiger partial charge is 0.191 e. The Hall–Kier alpha value is -1.95. The number of benzene rings is 1. The highest BCUT2D eigenvalue weighted by molar-refractivity contribution is 7.10. The van der Waals surface area contributed by atoms with E-state index in [4.69, 9.17) is 0 Å². The number of guanidine groups is 1. The maximum atomic E-state index is 13.6. The lowest BCUT2D eigenvalue weighted by Crippen LogP contribution is -2.39. The maximum absolute atomic E-state index is 13.6. The van der Waals surface area contributed by atoms with Gasteiger partial charge in [-0.25, -0.2) is 8.78 Å². The first-order valence-electron chi connectivity index (χ1n) is 7.05. The highest BCUT2D eigenvalue weighted by Gasteiger charge is 2.10. The Kier molecular flexibility index (Phi) is 5.89. The minimum Gasteiger partial charge on any atom is -0.356 e. The summed E-state index contributed by atoms with van der Waals surface area (Å²) in [5.41, 5.74) is 0.356. The lowest BCUT2D eigenvalue weighted by Gasteiger charge is -2.17. The molecule has 0 saturated heterocycles. The van der Waals surface area contributed by atoms with Crippen molar-refractivity contribution >= 4 is 17.3 Å². The number of nitrogens with zero attached hydrogens (tertiary/aromatic N) is 1. The van der Waals surface area contributed by atoms with E-state index in [0.717, 1.165) is 6.07 Å². The number of thiophene rings is 1. The fourth-order valence-electron chi connectivity index (χ4n) is 2.07. The number of hydrogen-bond acceptors (Lipinski definition) is 2. The van der Waals surface area contributed by atoms with Crippen molar-refractivity contribution in [3.63, 3.8) is 0 Å². The third-order valence-electron chi connectivity index (χ3n) is 3.27. The molecule has 2 aromatic rings. The molecule has 0 spiro atoms. The van der Waals surface area contributed by atoms with Crippen molar-refractivity contribution in [3.05, 3.63) is 57.8 Å². The van der Waals surface area contributed by atoms with Gasteiger partial charge in [-0.1, -0.05) is 18.2 Å². The lowest BCUT2D eigenvalue weighted by molar-refractivity contribution is 0.498. The minimum absolute atomic E-state index is 0.136. The van der Waals surface area contributed by atoms with Crippen molar-refractivity contribution < 1.29 is 8.78 Å². The van der Waals surface area contributed by atoms with E-state index in [2.05, 4.69) is 21.7 Å². The second-order valence-corrected chi connectivity index (χ2v) is 5.82. The van der Waals surface area contributed by atoms with Crippen molar-refractivity contribution in [1.29, 1.82) is 0 Å². The van der Waals surface area contributed by atoms with Crippen molar-refractivity contribution in [2.75, 3.05) is 13.6 Å². The molecule has 0 amide bonds. The van der Waals surface area contributed by atoms with Crippen LogP contribution in [0.15, 0.2) is 40.7 Å². The zero-order valence-electron chi connectivity index (χ0n) is 12.6. The molecule has 0 aliphatic heterocycles. The molecule has 1 aromatic carbocycles. The summed E-state index contributed by atoms with van der Waals surface area (Å²) in [6.07, 6.45) is 0.387. The van der Waals surface area contributed by atoms with Crippen LogP contribution in [0.4, 0.5) is 8.78 Å². The van der Waals surface area contributed by atoms with Crippen molar-refractivity contribution in [2.45, 2.75) is 19.4 Å². The Bertz CT molecular complexity index is 626. The van der Waals surface area contributed by atoms with Crippen LogP contribution in [0.2, 0.25) is 0 Å². The number of aliphatic imine (C=N–C) groups is 1. The molecular weight excluding hydrogens is 304 g/mol. The van der Waals surface area contributed by atoms with E-state index in [1.54, 1.807) is 24.5 Å². The van der Waals surface area contributed by atoms with Gasteiger partial charge in [0.15, 0.2) is 17.6 Å². The van der Waals surface area contributed by atoms with Gasteiger partial charge in [0.05, 0.1) is 6.04 Å². The monoisotopic (exact) mass is 323 g/mol. The van der Waals surface area contributed by atoms with Gasteiger partial charge >= 0.3 is 0 Å². The molecule has 0 saturated carbocycles. The standard InChI is InChI=1S/C16H19F2N3S/c1-11(14-7-4-10-22-14)21-16(19-2)20-9-8-12-5-3-6-13(17)15(12)18/h3-7,10-11H,8-9H2,1-2H3,(H2,19,20,21). The van der Waals surface area contributed by atoms with Crippen LogP contribution >= 0.6 is 11.3 Å². The molecule has 6 heteroatoms. The molecule has 1 aromatic heterocycles. The fraction of sp³-hybridized carbons (Fsp3) is 0.312. The molecule has 0 radical (unpaired) electrons. The molecule has 3 nitrogen and oxygen atoms in total. The topological polar surface area (TPSA) is 36.4 Å². The summed E-state index contributed by atoms with van der Waals surface area (Å²) in [6, 6.07) is 8.41. The van der Waals surface area contributed by atoms with Crippen LogP contribution in [0.25, 0.3) is 0 Å². The van der Waals surface area contributed by atoms with E-state index in [1.165, 1.54) is 10.9 Å². The summed E-state index contributed by atoms with van der Waals surface area (Å²) in [5.74, 6) is -0.955. The zero-order valence-corrected chi connectivity index (χ0v) is 13.4. The minimum atomic E-state index is -0.814. The van der Waals surface area contributed by atoms with Crippen LogP contribution in [0.5, 0.6) is 0 Å². The molecule has 118 valence electrons. The summed E-state index contributed by atoms with van der Waals surface area (Å²) < 4.78 is 26.7. The summed E-state index contributed by atoms with van der Waals surface area (Å²) in [7, 11) is 1.68. The zero-order chi connectivity index (χ0) is 15.9. The second-order valence-electron chi connectivity index (χ2n) is 4.84. The first-order chi connectivity index (χ1) is 10.6. The van der Waals surface area contributed by atoms with Crippen molar-refractivity contribution in [2.24, 2.45) is 4.99 Å². The second kappa shape index (κ2) is 7.89. The largest absolute Gasteiger partial charge is 0.356 e. The lowest BCUT2D eigenvalue weighted by atomic mass is 10.1.